The van der Waals surface area contributed by atoms with Crippen molar-refractivity contribution in [1.82, 2.24) is 0 Å². The van der Waals surface area contributed by atoms with Crippen LogP contribution in [0.25, 0.3) is 0 Å². The van der Waals surface area contributed by atoms with Gasteiger partial charge in [-0.05, 0) is 17.5 Å². The van der Waals surface area contributed by atoms with Gasteiger partial charge in [-0.2, -0.15) is 12.6 Å². The molecule has 0 heterocycles. The molecular weight excluding hydrogens is 182 g/mol. The Morgan fingerprint density at radius 1 is 1.31 bits per heavy atom. The molecule has 0 aromatic heterocycles. The molecule has 0 bridgehead atoms. The minimum atomic E-state index is -0.256. The average Bonchev–Trinajstić information content (AvgIpc) is 2.15. The molecule has 70 valence electrons. The second-order valence-electron chi connectivity index (χ2n) is 2.89. The van der Waals surface area contributed by atoms with Gasteiger partial charge in [-0.1, -0.05) is 24.3 Å². The summed E-state index contributed by atoms with van der Waals surface area (Å²) >= 11 is 4.21. The van der Waals surface area contributed by atoms with Crippen LogP contribution in [-0.2, 0) is 17.0 Å². The van der Waals surface area contributed by atoms with E-state index in [4.69, 9.17) is 5.73 Å². The van der Waals surface area contributed by atoms with E-state index >= 15 is 0 Å². The van der Waals surface area contributed by atoms with Crippen molar-refractivity contribution in [3.05, 3.63) is 35.4 Å². The summed E-state index contributed by atoms with van der Waals surface area (Å²) in [6.07, 6.45) is 1.12. The molecule has 13 heavy (non-hydrogen) atoms. The molecule has 0 unspecified atom stereocenters. The molecule has 0 aliphatic heterocycles. The molecule has 0 spiro atoms. The minimum Gasteiger partial charge on any atom is -0.370 e. The molecule has 0 aliphatic carbocycles. The van der Waals surface area contributed by atoms with E-state index < -0.39 is 0 Å². The Morgan fingerprint density at radius 3 is 2.46 bits per heavy atom. The zero-order valence-corrected chi connectivity index (χ0v) is 8.26. The van der Waals surface area contributed by atoms with Crippen LogP contribution in [0.15, 0.2) is 24.3 Å². The first-order valence-electron chi connectivity index (χ1n) is 4.20. The number of benzene rings is 1. The molecule has 3 heteroatoms. The van der Waals surface area contributed by atoms with Crippen molar-refractivity contribution in [2.45, 2.75) is 18.6 Å². The van der Waals surface area contributed by atoms with Gasteiger partial charge in [-0.15, -0.1) is 0 Å². The van der Waals surface area contributed by atoms with Gasteiger partial charge in [0.05, 0.1) is 0 Å². The van der Waals surface area contributed by atoms with Gasteiger partial charge in [0.15, 0.2) is 0 Å². The molecule has 1 aromatic carbocycles. The second kappa shape index (κ2) is 4.92. The maximum Gasteiger partial charge on any atom is 0.217 e. The fourth-order valence-corrected chi connectivity index (χ4v) is 1.52. The Morgan fingerprint density at radius 2 is 1.92 bits per heavy atom. The van der Waals surface area contributed by atoms with Crippen LogP contribution in [0.5, 0.6) is 0 Å². The van der Waals surface area contributed by atoms with Gasteiger partial charge < -0.3 is 5.73 Å². The molecule has 0 saturated heterocycles. The van der Waals surface area contributed by atoms with Crippen molar-refractivity contribution in [1.29, 1.82) is 0 Å². The highest BCUT2D eigenvalue weighted by Crippen LogP contribution is 2.12. The van der Waals surface area contributed by atoms with E-state index in [1.54, 1.807) is 0 Å². The Labute approximate surface area is 83.5 Å². The van der Waals surface area contributed by atoms with E-state index in [0.29, 0.717) is 18.6 Å². The third-order valence-corrected chi connectivity index (χ3v) is 2.27. The number of hydrogen-bond acceptors (Lipinski definition) is 2. The van der Waals surface area contributed by atoms with Gasteiger partial charge in [-0.25, -0.2) is 0 Å². The number of carbonyl (C=O) groups excluding carboxylic acids is 1. The van der Waals surface area contributed by atoms with E-state index in [1.165, 1.54) is 5.56 Å². The Balaban J connectivity index is 2.69. The van der Waals surface area contributed by atoms with Crippen LogP contribution in [0.3, 0.4) is 0 Å². The van der Waals surface area contributed by atoms with Crippen molar-refractivity contribution >= 4 is 18.5 Å². The monoisotopic (exact) mass is 195 g/mol. The smallest absolute Gasteiger partial charge is 0.217 e. The molecule has 0 fully saturated rings. The lowest BCUT2D eigenvalue weighted by Crippen LogP contribution is -2.11. The average molecular weight is 195 g/mol. The molecular formula is C10H13NOS. The molecule has 0 atom stereocenters. The van der Waals surface area contributed by atoms with Crippen molar-refractivity contribution < 1.29 is 4.79 Å². The SMILES string of the molecule is NC(=O)CCc1ccccc1CS. The molecule has 1 aromatic rings. The van der Waals surface area contributed by atoms with E-state index in [2.05, 4.69) is 12.6 Å². The van der Waals surface area contributed by atoms with Gasteiger partial charge >= 0.3 is 0 Å². The van der Waals surface area contributed by atoms with Gasteiger partial charge in [-0.3, -0.25) is 4.79 Å². The minimum absolute atomic E-state index is 0.256. The van der Waals surface area contributed by atoms with Crippen molar-refractivity contribution in [2.24, 2.45) is 5.73 Å². The van der Waals surface area contributed by atoms with Crippen molar-refractivity contribution in [3.63, 3.8) is 0 Å². The van der Waals surface area contributed by atoms with Crippen LogP contribution in [0.4, 0.5) is 0 Å². The summed E-state index contributed by atoms with van der Waals surface area (Å²) in [6, 6.07) is 7.96. The standard InChI is InChI=1S/C10H13NOS/c11-10(12)6-5-8-3-1-2-4-9(8)7-13/h1-4,13H,5-7H2,(H2,11,12). The Bertz CT molecular complexity index is 299. The summed E-state index contributed by atoms with van der Waals surface area (Å²) in [6.45, 7) is 0. The van der Waals surface area contributed by atoms with Crippen molar-refractivity contribution in [3.8, 4) is 0 Å². The van der Waals surface area contributed by atoms with E-state index in [-0.39, 0.29) is 5.91 Å². The Kier molecular flexibility index (Phi) is 3.83. The number of hydrogen-bond donors (Lipinski definition) is 2. The van der Waals surface area contributed by atoms with Crippen LogP contribution in [0, 0.1) is 0 Å². The second-order valence-corrected chi connectivity index (χ2v) is 3.21. The van der Waals surface area contributed by atoms with Gasteiger partial charge in [0, 0.05) is 12.2 Å². The van der Waals surface area contributed by atoms with Crippen LogP contribution >= 0.6 is 12.6 Å². The molecule has 1 rings (SSSR count). The van der Waals surface area contributed by atoms with E-state index in [0.717, 1.165) is 5.56 Å². The highest BCUT2D eigenvalue weighted by Gasteiger charge is 2.01. The summed E-state index contributed by atoms with van der Waals surface area (Å²) in [7, 11) is 0. The highest BCUT2D eigenvalue weighted by molar-refractivity contribution is 7.79. The summed E-state index contributed by atoms with van der Waals surface area (Å²) in [5.74, 6) is 0.448. The number of amides is 1. The summed E-state index contributed by atoms with van der Waals surface area (Å²) in [4.78, 5) is 10.6. The van der Waals surface area contributed by atoms with Gasteiger partial charge in [0.25, 0.3) is 0 Å². The number of thiol groups is 1. The molecule has 2 N–H and O–H groups in total. The summed E-state index contributed by atoms with van der Waals surface area (Å²) in [5.41, 5.74) is 7.41. The molecule has 1 amide bonds. The molecule has 0 radical (unpaired) electrons. The lowest BCUT2D eigenvalue weighted by Gasteiger charge is -2.04. The van der Waals surface area contributed by atoms with Gasteiger partial charge in [0.2, 0.25) is 5.91 Å². The number of carbonyl (C=O) groups is 1. The number of primary amides is 1. The number of rotatable bonds is 4. The van der Waals surface area contributed by atoms with Crippen LogP contribution in [-0.4, -0.2) is 5.91 Å². The number of nitrogens with two attached hydrogens (primary N) is 1. The Hall–Kier alpha value is -0.960. The van der Waals surface area contributed by atoms with Gasteiger partial charge in [0.1, 0.15) is 0 Å². The lowest BCUT2D eigenvalue weighted by atomic mass is 10.0. The normalized spacial score (nSPS) is 9.92. The largest absolute Gasteiger partial charge is 0.370 e. The maximum absolute atomic E-state index is 10.6. The fraction of sp³-hybridized carbons (Fsp3) is 0.300. The highest BCUT2D eigenvalue weighted by atomic mass is 32.1. The third kappa shape index (κ3) is 3.11. The zero-order chi connectivity index (χ0) is 9.68. The van der Waals surface area contributed by atoms with Crippen LogP contribution in [0.2, 0.25) is 0 Å². The maximum atomic E-state index is 10.6. The molecule has 0 aliphatic rings. The van der Waals surface area contributed by atoms with Crippen molar-refractivity contribution in [2.75, 3.05) is 0 Å². The quantitative estimate of drug-likeness (QED) is 0.703. The predicted octanol–water partition coefficient (Wildman–Crippen LogP) is 1.53. The first-order chi connectivity index (χ1) is 6.24. The summed E-state index contributed by atoms with van der Waals surface area (Å²) < 4.78 is 0. The molecule has 0 saturated carbocycles. The van der Waals surface area contributed by atoms with E-state index in [1.807, 2.05) is 24.3 Å². The third-order valence-electron chi connectivity index (χ3n) is 1.93. The fourth-order valence-electron chi connectivity index (χ4n) is 1.21. The summed E-state index contributed by atoms with van der Waals surface area (Å²) in [5, 5.41) is 0. The number of aryl methyl sites for hydroxylation is 1. The molecule has 2 nitrogen and oxygen atoms in total. The zero-order valence-electron chi connectivity index (χ0n) is 7.36. The van der Waals surface area contributed by atoms with Crippen LogP contribution in [0.1, 0.15) is 17.5 Å². The topological polar surface area (TPSA) is 43.1 Å². The first-order valence-corrected chi connectivity index (χ1v) is 4.83. The predicted molar refractivity (Wildman–Crippen MR) is 56.6 cm³/mol. The van der Waals surface area contributed by atoms with E-state index in [9.17, 15) is 4.79 Å². The first kappa shape index (κ1) is 10.1. The van der Waals surface area contributed by atoms with Crippen LogP contribution < -0.4 is 5.73 Å². The lowest BCUT2D eigenvalue weighted by molar-refractivity contribution is -0.117.